The van der Waals surface area contributed by atoms with E-state index in [4.69, 9.17) is 10.5 Å². The Morgan fingerprint density at radius 1 is 1.31 bits per heavy atom. The molecule has 0 unspecified atom stereocenters. The van der Waals surface area contributed by atoms with Gasteiger partial charge < -0.3 is 10.5 Å². The number of thioether (sulfide) groups is 1. The minimum absolute atomic E-state index is 0.715. The van der Waals surface area contributed by atoms with E-state index in [1.165, 1.54) is 0 Å². The van der Waals surface area contributed by atoms with E-state index in [2.05, 4.69) is 38.8 Å². The SMILES string of the molecule is CCSCCCOc1c(Br)cc(N)cc1Br. The minimum atomic E-state index is 0.715. The van der Waals surface area contributed by atoms with Gasteiger partial charge in [0.15, 0.2) is 0 Å². The Labute approximate surface area is 118 Å². The van der Waals surface area contributed by atoms with E-state index >= 15 is 0 Å². The fourth-order valence-electron chi connectivity index (χ4n) is 1.20. The monoisotopic (exact) mass is 367 g/mol. The number of benzene rings is 1. The molecule has 0 aliphatic rings. The summed E-state index contributed by atoms with van der Waals surface area (Å²) in [4.78, 5) is 0. The number of hydrogen-bond donors (Lipinski definition) is 1. The third-order valence-electron chi connectivity index (χ3n) is 1.90. The van der Waals surface area contributed by atoms with Crippen molar-refractivity contribution in [1.82, 2.24) is 0 Å². The first kappa shape index (κ1) is 14.2. The van der Waals surface area contributed by atoms with Crippen molar-refractivity contribution < 1.29 is 4.74 Å². The third-order valence-corrected chi connectivity index (χ3v) is 4.07. The topological polar surface area (TPSA) is 35.2 Å². The zero-order valence-electron chi connectivity index (χ0n) is 9.13. The molecule has 1 aromatic carbocycles. The van der Waals surface area contributed by atoms with E-state index in [1.54, 1.807) is 0 Å². The van der Waals surface area contributed by atoms with E-state index in [0.717, 1.165) is 39.2 Å². The van der Waals surface area contributed by atoms with E-state index in [0.29, 0.717) is 5.69 Å². The summed E-state index contributed by atoms with van der Waals surface area (Å²) >= 11 is 8.81. The Bertz CT molecular complexity index is 324. The van der Waals surface area contributed by atoms with Crippen LogP contribution >= 0.6 is 43.6 Å². The molecule has 90 valence electrons. The average Bonchev–Trinajstić information content (AvgIpc) is 2.20. The van der Waals surface area contributed by atoms with Crippen LogP contribution in [0.4, 0.5) is 5.69 Å². The molecule has 0 fully saturated rings. The quantitative estimate of drug-likeness (QED) is 0.600. The van der Waals surface area contributed by atoms with Crippen molar-refractivity contribution in [2.75, 3.05) is 23.8 Å². The Balaban J connectivity index is 2.47. The highest BCUT2D eigenvalue weighted by molar-refractivity contribution is 9.11. The number of anilines is 1. The molecule has 0 atom stereocenters. The van der Waals surface area contributed by atoms with Gasteiger partial charge in [-0.05, 0) is 61.9 Å². The summed E-state index contributed by atoms with van der Waals surface area (Å²) in [7, 11) is 0. The number of ether oxygens (including phenoxy) is 1. The molecule has 2 N–H and O–H groups in total. The second-order valence-electron chi connectivity index (χ2n) is 3.21. The van der Waals surface area contributed by atoms with Crippen LogP contribution in [0.1, 0.15) is 13.3 Å². The molecule has 0 spiro atoms. The maximum absolute atomic E-state index is 5.71. The van der Waals surface area contributed by atoms with Gasteiger partial charge in [-0.15, -0.1) is 0 Å². The largest absolute Gasteiger partial charge is 0.491 e. The molecule has 5 heteroatoms. The van der Waals surface area contributed by atoms with Crippen LogP contribution in [0.15, 0.2) is 21.1 Å². The standard InChI is InChI=1S/C11H15Br2NOS/c1-2-16-5-3-4-15-11-9(12)6-8(14)7-10(11)13/h6-7H,2-5,14H2,1H3. The first-order valence-corrected chi connectivity index (χ1v) is 7.84. The maximum atomic E-state index is 5.71. The van der Waals surface area contributed by atoms with E-state index in [1.807, 2.05) is 23.9 Å². The van der Waals surface area contributed by atoms with Crippen molar-refractivity contribution in [2.24, 2.45) is 0 Å². The minimum Gasteiger partial charge on any atom is -0.491 e. The van der Waals surface area contributed by atoms with Gasteiger partial charge >= 0.3 is 0 Å². The summed E-state index contributed by atoms with van der Waals surface area (Å²) in [6.07, 6.45) is 1.06. The van der Waals surface area contributed by atoms with Crippen molar-refractivity contribution in [2.45, 2.75) is 13.3 Å². The lowest BCUT2D eigenvalue weighted by Crippen LogP contribution is -2.00. The molecular weight excluding hydrogens is 354 g/mol. The van der Waals surface area contributed by atoms with Gasteiger partial charge in [0.25, 0.3) is 0 Å². The van der Waals surface area contributed by atoms with Crippen LogP contribution in [0.25, 0.3) is 0 Å². The van der Waals surface area contributed by atoms with Gasteiger partial charge in [-0.3, -0.25) is 0 Å². The van der Waals surface area contributed by atoms with Crippen LogP contribution in [-0.4, -0.2) is 18.1 Å². The Kier molecular flexibility index (Phi) is 6.61. The van der Waals surface area contributed by atoms with Crippen LogP contribution in [-0.2, 0) is 0 Å². The first-order valence-electron chi connectivity index (χ1n) is 5.10. The molecule has 16 heavy (non-hydrogen) atoms. The molecule has 0 aromatic heterocycles. The molecule has 0 saturated heterocycles. The second kappa shape index (κ2) is 7.45. The number of halogens is 2. The first-order chi connectivity index (χ1) is 7.65. The van der Waals surface area contributed by atoms with Gasteiger partial charge in [-0.25, -0.2) is 0 Å². The smallest absolute Gasteiger partial charge is 0.147 e. The lowest BCUT2D eigenvalue weighted by atomic mass is 10.3. The molecular formula is C11H15Br2NOS. The van der Waals surface area contributed by atoms with E-state index in [-0.39, 0.29) is 0 Å². The van der Waals surface area contributed by atoms with Crippen LogP contribution in [0.3, 0.4) is 0 Å². The molecule has 0 aliphatic carbocycles. The summed E-state index contributed by atoms with van der Waals surface area (Å²) in [6, 6.07) is 3.70. The van der Waals surface area contributed by atoms with Crippen molar-refractivity contribution in [3.63, 3.8) is 0 Å². The van der Waals surface area contributed by atoms with Crippen LogP contribution in [0.5, 0.6) is 5.75 Å². The molecule has 0 heterocycles. The van der Waals surface area contributed by atoms with Gasteiger partial charge in [0.1, 0.15) is 5.75 Å². The maximum Gasteiger partial charge on any atom is 0.147 e. The Morgan fingerprint density at radius 2 is 1.94 bits per heavy atom. The summed E-state index contributed by atoms with van der Waals surface area (Å²) in [6.45, 7) is 2.90. The van der Waals surface area contributed by atoms with Gasteiger partial charge in [-0.1, -0.05) is 6.92 Å². The lowest BCUT2D eigenvalue weighted by molar-refractivity contribution is 0.315. The predicted molar refractivity (Wildman–Crippen MR) is 79.4 cm³/mol. The fraction of sp³-hybridized carbons (Fsp3) is 0.455. The average molecular weight is 369 g/mol. The van der Waals surface area contributed by atoms with Gasteiger partial charge in [-0.2, -0.15) is 11.8 Å². The number of nitrogens with two attached hydrogens (primary N) is 1. The normalized spacial score (nSPS) is 10.4. The highest BCUT2D eigenvalue weighted by Crippen LogP contribution is 2.35. The summed E-state index contributed by atoms with van der Waals surface area (Å²) in [5.41, 5.74) is 6.42. The molecule has 0 radical (unpaired) electrons. The van der Waals surface area contributed by atoms with Crippen molar-refractivity contribution in [3.8, 4) is 5.75 Å². The van der Waals surface area contributed by atoms with Crippen LogP contribution in [0.2, 0.25) is 0 Å². The van der Waals surface area contributed by atoms with Crippen molar-refractivity contribution in [3.05, 3.63) is 21.1 Å². The van der Waals surface area contributed by atoms with E-state index < -0.39 is 0 Å². The zero-order chi connectivity index (χ0) is 12.0. The van der Waals surface area contributed by atoms with Gasteiger partial charge in [0.05, 0.1) is 15.6 Å². The molecule has 0 amide bonds. The number of hydrogen-bond acceptors (Lipinski definition) is 3. The lowest BCUT2D eigenvalue weighted by Gasteiger charge is -2.10. The summed E-state index contributed by atoms with van der Waals surface area (Å²) in [5.74, 6) is 3.13. The zero-order valence-corrected chi connectivity index (χ0v) is 13.1. The van der Waals surface area contributed by atoms with Crippen LogP contribution in [0, 0.1) is 0 Å². The van der Waals surface area contributed by atoms with E-state index in [9.17, 15) is 0 Å². The molecule has 2 nitrogen and oxygen atoms in total. The highest BCUT2D eigenvalue weighted by Gasteiger charge is 2.07. The summed E-state index contributed by atoms with van der Waals surface area (Å²) < 4.78 is 7.49. The Morgan fingerprint density at radius 3 is 2.50 bits per heavy atom. The fourth-order valence-corrected chi connectivity index (χ4v) is 3.26. The molecule has 0 aliphatic heterocycles. The van der Waals surface area contributed by atoms with Gasteiger partial charge in [0.2, 0.25) is 0 Å². The molecule has 0 saturated carbocycles. The second-order valence-corrected chi connectivity index (χ2v) is 6.32. The summed E-state index contributed by atoms with van der Waals surface area (Å²) in [5, 5.41) is 0. The van der Waals surface area contributed by atoms with Crippen molar-refractivity contribution >= 4 is 49.3 Å². The van der Waals surface area contributed by atoms with Gasteiger partial charge in [0, 0.05) is 5.69 Å². The molecule has 1 aromatic rings. The number of rotatable bonds is 6. The highest BCUT2D eigenvalue weighted by atomic mass is 79.9. The van der Waals surface area contributed by atoms with Crippen LogP contribution < -0.4 is 10.5 Å². The predicted octanol–water partition coefficient (Wildman–Crippen LogP) is 4.32. The van der Waals surface area contributed by atoms with Crippen molar-refractivity contribution in [1.29, 1.82) is 0 Å². The molecule has 0 bridgehead atoms. The third kappa shape index (κ3) is 4.55. The molecule has 1 rings (SSSR count). The number of nitrogen functional groups attached to an aromatic ring is 1. The Hall–Kier alpha value is 0.130.